The minimum Gasteiger partial charge on any atom is -0.307 e. The lowest BCUT2D eigenvalue weighted by atomic mass is 9.35. The summed E-state index contributed by atoms with van der Waals surface area (Å²) in [5.74, 6) is 0. The molecule has 7 rings (SSSR count). The van der Waals surface area contributed by atoms with Gasteiger partial charge in [-0.2, -0.15) is 5.26 Å². The Morgan fingerprint density at radius 2 is 1.27 bits per heavy atom. The average molecular weight is 416 g/mol. The van der Waals surface area contributed by atoms with Crippen molar-refractivity contribution in [2.75, 3.05) is 4.90 Å². The fraction of sp³-hybridized carbons (Fsp3) is 0. The third-order valence-electron chi connectivity index (χ3n) is 6.10. The Balaban J connectivity index is 1.61. The molecule has 0 spiro atoms. The third-order valence-corrected chi connectivity index (χ3v) is 8.26. The van der Waals surface area contributed by atoms with E-state index in [-0.39, 0.29) is 6.71 Å². The molecular weight excluding hydrogens is 403 g/mol. The van der Waals surface area contributed by atoms with Crippen LogP contribution in [0.1, 0.15) is 5.56 Å². The Labute approximate surface area is 183 Å². The van der Waals surface area contributed by atoms with Gasteiger partial charge in [-0.05, 0) is 35.2 Å². The average Bonchev–Trinajstić information content (AvgIpc) is 2.79. The van der Waals surface area contributed by atoms with Crippen molar-refractivity contribution in [2.24, 2.45) is 0 Å². The zero-order chi connectivity index (χ0) is 19.8. The second-order valence-corrected chi connectivity index (χ2v) is 9.87. The number of hydrogen-bond donors (Lipinski definition) is 0. The van der Waals surface area contributed by atoms with Gasteiger partial charge in [0.05, 0.1) is 28.7 Å². The zero-order valence-corrected chi connectivity index (χ0v) is 17.4. The summed E-state index contributed by atoms with van der Waals surface area (Å²) < 4.78 is 0. The standard InChI is InChI=1S/C25H13BN2S2/c27-14-15-12-21-25-22(13-15)30-20-11-5-9-18-24(20)28(25)23-17(8-4-10-19(23)29-21)26(18)16-6-2-1-3-7-16/h1-13H. The quantitative estimate of drug-likeness (QED) is 0.360. The van der Waals surface area contributed by atoms with Crippen LogP contribution in [0, 0.1) is 11.3 Å². The van der Waals surface area contributed by atoms with Gasteiger partial charge < -0.3 is 4.90 Å². The number of hydrogen-bond acceptors (Lipinski definition) is 4. The molecule has 30 heavy (non-hydrogen) atoms. The van der Waals surface area contributed by atoms with Crippen LogP contribution < -0.4 is 21.3 Å². The van der Waals surface area contributed by atoms with Crippen LogP contribution in [-0.2, 0) is 0 Å². The molecule has 5 heteroatoms. The fourth-order valence-electron chi connectivity index (χ4n) is 4.96. The number of nitriles is 1. The van der Waals surface area contributed by atoms with E-state index in [1.165, 1.54) is 53.0 Å². The second-order valence-electron chi connectivity index (χ2n) is 7.70. The molecule has 0 bridgehead atoms. The molecule has 3 aliphatic heterocycles. The van der Waals surface area contributed by atoms with Crippen LogP contribution in [0.3, 0.4) is 0 Å². The van der Waals surface area contributed by atoms with E-state index >= 15 is 0 Å². The molecule has 0 aromatic heterocycles. The molecule has 0 N–H and O–H groups in total. The minimum atomic E-state index is 0.218. The van der Waals surface area contributed by atoms with Crippen molar-refractivity contribution < 1.29 is 0 Å². The van der Waals surface area contributed by atoms with E-state index in [4.69, 9.17) is 0 Å². The van der Waals surface area contributed by atoms with Gasteiger partial charge in [-0.1, -0.05) is 83.6 Å². The van der Waals surface area contributed by atoms with Gasteiger partial charge in [0.1, 0.15) is 0 Å². The lowest BCUT2D eigenvalue weighted by Gasteiger charge is -2.45. The van der Waals surface area contributed by atoms with E-state index in [0.29, 0.717) is 0 Å². The highest BCUT2D eigenvalue weighted by molar-refractivity contribution is 8.00. The van der Waals surface area contributed by atoms with E-state index in [1.54, 1.807) is 23.5 Å². The largest absolute Gasteiger partial charge is 0.307 e. The highest BCUT2D eigenvalue weighted by atomic mass is 32.2. The molecule has 0 radical (unpaired) electrons. The Hall–Kier alpha value is -3.07. The van der Waals surface area contributed by atoms with Crippen molar-refractivity contribution in [3.05, 3.63) is 84.4 Å². The Morgan fingerprint density at radius 3 is 1.83 bits per heavy atom. The summed E-state index contributed by atoms with van der Waals surface area (Å²) in [6, 6.07) is 30.6. The molecular formula is C25H13BN2S2. The maximum atomic E-state index is 9.57. The first-order valence-electron chi connectivity index (χ1n) is 9.88. The van der Waals surface area contributed by atoms with Crippen molar-refractivity contribution in [1.29, 1.82) is 5.26 Å². The van der Waals surface area contributed by atoms with Gasteiger partial charge in [0, 0.05) is 19.6 Å². The van der Waals surface area contributed by atoms with Crippen LogP contribution in [0.4, 0.5) is 17.1 Å². The van der Waals surface area contributed by atoms with Crippen LogP contribution in [0.15, 0.2) is 98.4 Å². The number of nitrogens with zero attached hydrogens (tertiary/aromatic N) is 2. The highest BCUT2D eigenvalue weighted by Gasteiger charge is 2.43. The first kappa shape index (κ1) is 16.7. The molecule has 0 saturated heterocycles. The van der Waals surface area contributed by atoms with Gasteiger partial charge in [0.2, 0.25) is 6.71 Å². The molecule has 4 aromatic rings. The van der Waals surface area contributed by atoms with Gasteiger partial charge in [-0.3, -0.25) is 0 Å². The summed E-state index contributed by atoms with van der Waals surface area (Å²) >= 11 is 3.58. The first-order valence-corrected chi connectivity index (χ1v) is 11.5. The lowest BCUT2D eigenvalue weighted by molar-refractivity contribution is 1.09. The summed E-state index contributed by atoms with van der Waals surface area (Å²) in [4.78, 5) is 7.32. The molecule has 3 heterocycles. The maximum absolute atomic E-state index is 9.57. The van der Waals surface area contributed by atoms with E-state index < -0.39 is 0 Å². The van der Waals surface area contributed by atoms with E-state index in [2.05, 4.69) is 77.7 Å². The SMILES string of the molecule is N#Cc1cc2c3c(c1)Sc1cccc4c1N3c1c(cccc1B4c1ccccc1)S2. The molecule has 0 unspecified atom stereocenters. The number of rotatable bonds is 1. The van der Waals surface area contributed by atoms with Crippen LogP contribution in [0.5, 0.6) is 0 Å². The summed E-state index contributed by atoms with van der Waals surface area (Å²) in [7, 11) is 0. The van der Waals surface area contributed by atoms with Gasteiger partial charge in [-0.15, -0.1) is 0 Å². The first-order chi connectivity index (χ1) is 14.8. The minimum absolute atomic E-state index is 0.218. The summed E-state index contributed by atoms with van der Waals surface area (Å²) in [6.45, 7) is 0.218. The molecule has 0 amide bonds. The van der Waals surface area contributed by atoms with Gasteiger partial charge in [0.15, 0.2) is 0 Å². The highest BCUT2D eigenvalue weighted by Crippen LogP contribution is 2.60. The second kappa shape index (κ2) is 5.98. The van der Waals surface area contributed by atoms with E-state index in [9.17, 15) is 5.26 Å². The molecule has 0 saturated carbocycles. The van der Waals surface area contributed by atoms with Crippen molar-refractivity contribution >= 4 is 63.7 Å². The molecule has 0 fully saturated rings. The fourth-order valence-corrected chi connectivity index (χ4v) is 7.37. The van der Waals surface area contributed by atoms with E-state index in [0.717, 1.165) is 5.56 Å². The van der Waals surface area contributed by atoms with Crippen LogP contribution in [0.25, 0.3) is 0 Å². The predicted molar refractivity (Wildman–Crippen MR) is 125 cm³/mol. The van der Waals surface area contributed by atoms with Crippen LogP contribution >= 0.6 is 23.5 Å². The lowest BCUT2D eigenvalue weighted by Crippen LogP contribution is -2.58. The molecule has 3 aliphatic rings. The summed E-state index contributed by atoms with van der Waals surface area (Å²) in [5.41, 5.74) is 8.58. The summed E-state index contributed by atoms with van der Waals surface area (Å²) in [5, 5.41) is 9.57. The van der Waals surface area contributed by atoms with Crippen molar-refractivity contribution in [3.8, 4) is 6.07 Å². The number of anilines is 3. The molecule has 4 aromatic carbocycles. The predicted octanol–water partition coefficient (Wildman–Crippen LogP) is 4.79. The maximum Gasteiger partial charge on any atom is 0.246 e. The number of benzene rings is 4. The monoisotopic (exact) mass is 416 g/mol. The van der Waals surface area contributed by atoms with Crippen LogP contribution in [-0.4, -0.2) is 6.71 Å². The van der Waals surface area contributed by atoms with Gasteiger partial charge in [-0.25, -0.2) is 0 Å². The topological polar surface area (TPSA) is 27.0 Å². The molecule has 0 aliphatic carbocycles. The third kappa shape index (κ3) is 2.08. The molecule has 138 valence electrons. The Kier molecular flexibility index (Phi) is 3.33. The zero-order valence-electron chi connectivity index (χ0n) is 15.8. The van der Waals surface area contributed by atoms with Crippen molar-refractivity contribution in [2.45, 2.75) is 19.6 Å². The number of para-hydroxylation sites is 2. The van der Waals surface area contributed by atoms with Gasteiger partial charge >= 0.3 is 0 Å². The van der Waals surface area contributed by atoms with Gasteiger partial charge in [0.25, 0.3) is 0 Å². The van der Waals surface area contributed by atoms with Crippen molar-refractivity contribution in [1.82, 2.24) is 0 Å². The Morgan fingerprint density at radius 1 is 0.667 bits per heavy atom. The smallest absolute Gasteiger partial charge is 0.246 e. The summed E-state index contributed by atoms with van der Waals surface area (Å²) in [6.07, 6.45) is 0. The van der Waals surface area contributed by atoms with Crippen LogP contribution in [0.2, 0.25) is 0 Å². The normalized spacial score (nSPS) is 14.2. The molecule has 0 atom stereocenters. The Bertz CT molecular complexity index is 1350. The van der Waals surface area contributed by atoms with Crippen molar-refractivity contribution in [3.63, 3.8) is 0 Å². The van der Waals surface area contributed by atoms with E-state index in [1.807, 2.05) is 12.1 Å². The molecule has 2 nitrogen and oxygen atoms in total.